The van der Waals surface area contributed by atoms with Crippen LogP contribution in [0.4, 0.5) is 5.69 Å². The number of benzene rings is 2. The molecule has 0 aliphatic carbocycles. The van der Waals surface area contributed by atoms with E-state index in [4.69, 9.17) is 16.6 Å². The minimum Gasteiger partial charge on any atom is -0.479 e. The molecule has 0 spiro atoms. The van der Waals surface area contributed by atoms with Gasteiger partial charge in [-0.2, -0.15) is 0 Å². The Balaban J connectivity index is 1.65. The van der Waals surface area contributed by atoms with E-state index in [1.54, 1.807) is 60.7 Å². The molecule has 3 aromatic rings. The summed E-state index contributed by atoms with van der Waals surface area (Å²) >= 11 is 6.26. The van der Waals surface area contributed by atoms with E-state index >= 15 is 0 Å². The van der Waals surface area contributed by atoms with Gasteiger partial charge < -0.3 is 9.52 Å². The van der Waals surface area contributed by atoms with Crippen LogP contribution < -0.4 is 0 Å². The number of carbonyl (C=O) groups excluding carboxylic acids is 1. The van der Waals surface area contributed by atoms with Gasteiger partial charge in [0.25, 0.3) is 11.6 Å². The zero-order valence-electron chi connectivity index (χ0n) is 16.2. The molecule has 4 rings (SSSR count). The minimum atomic E-state index is -1.26. The van der Waals surface area contributed by atoms with Gasteiger partial charge in [-0.05, 0) is 23.8 Å². The van der Waals surface area contributed by atoms with Crippen LogP contribution in [-0.4, -0.2) is 31.1 Å². The Hall–Kier alpha value is -3.76. The number of thiocarbonyl (C=S) groups is 1. The van der Waals surface area contributed by atoms with Crippen LogP contribution in [0.15, 0.2) is 76.1 Å². The maximum absolute atomic E-state index is 13.0. The molecule has 2 heterocycles. The number of para-hydroxylation sites is 1. The molecule has 10 heteroatoms. The maximum atomic E-state index is 13.0. The van der Waals surface area contributed by atoms with E-state index in [0.717, 1.165) is 16.7 Å². The highest BCUT2D eigenvalue weighted by molar-refractivity contribution is 8.26. The molecule has 1 atom stereocenters. The fourth-order valence-corrected chi connectivity index (χ4v) is 4.58. The highest BCUT2D eigenvalue weighted by atomic mass is 32.2. The van der Waals surface area contributed by atoms with Gasteiger partial charge in [0, 0.05) is 12.1 Å². The summed E-state index contributed by atoms with van der Waals surface area (Å²) in [6, 6.07) is 16.4. The number of nitro benzene ring substituents is 1. The summed E-state index contributed by atoms with van der Waals surface area (Å²) in [6.45, 7) is 0. The average molecular weight is 466 g/mol. The lowest BCUT2D eigenvalue weighted by Gasteiger charge is -2.23. The summed E-state index contributed by atoms with van der Waals surface area (Å²) in [5.41, 5.74) is 0.626. The van der Waals surface area contributed by atoms with Crippen molar-refractivity contribution in [3.8, 4) is 11.3 Å². The average Bonchev–Trinajstić information content (AvgIpc) is 3.35. The quantitative estimate of drug-likeness (QED) is 0.237. The molecule has 1 N–H and O–H groups in total. The number of furan rings is 1. The zero-order valence-corrected chi connectivity index (χ0v) is 17.8. The van der Waals surface area contributed by atoms with Crippen molar-refractivity contribution in [1.82, 2.24) is 4.90 Å². The lowest BCUT2D eigenvalue weighted by Crippen LogP contribution is -2.37. The number of rotatable bonds is 6. The molecular formula is C22H14N2O6S2. The topological polar surface area (TPSA) is 114 Å². The lowest BCUT2D eigenvalue weighted by molar-refractivity contribution is -0.384. The van der Waals surface area contributed by atoms with Crippen LogP contribution in [0.1, 0.15) is 17.4 Å². The first-order valence-electron chi connectivity index (χ1n) is 9.25. The van der Waals surface area contributed by atoms with Crippen molar-refractivity contribution in [3.63, 3.8) is 0 Å². The molecule has 0 unspecified atom stereocenters. The number of carbonyl (C=O) groups is 2. The summed E-state index contributed by atoms with van der Waals surface area (Å²) in [5, 5.41) is 21.0. The Kier molecular flexibility index (Phi) is 5.89. The first-order chi connectivity index (χ1) is 15.4. The zero-order chi connectivity index (χ0) is 22.8. The van der Waals surface area contributed by atoms with Crippen LogP contribution in [0.5, 0.6) is 0 Å². The predicted octanol–water partition coefficient (Wildman–Crippen LogP) is 4.88. The van der Waals surface area contributed by atoms with Crippen molar-refractivity contribution in [3.05, 3.63) is 93.1 Å². The van der Waals surface area contributed by atoms with E-state index in [9.17, 15) is 24.8 Å². The SMILES string of the molecule is O=C(O)[C@H](c1ccccc1)N1C(=O)/C(=C/c2ccc(-c3ccccc3[N+](=O)[O-])o2)SC1=S. The van der Waals surface area contributed by atoms with Gasteiger partial charge in [-0.25, -0.2) is 4.79 Å². The fraction of sp³-hybridized carbons (Fsp3) is 0.0455. The highest BCUT2D eigenvalue weighted by Gasteiger charge is 2.41. The number of nitrogens with zero attached hydrogens (tertiary/aromatic N) is 2. The Morgan fingerprint density at radius 3 is 2.50 bits per heavy atom. The van der Waals surface area contributed by atoms with E-state index in [0.29, 0.717) is 11.1 Å². The number of aliphatic carboxylic acids is 1. The van der Waals surface area contributed by atoms with Crippen LogP contribution in [0.2, 0.25) is 0 Å². The number of carboxylic acid groups (broad SMARTS) is 1. The minimum absolute atomic E-state index is 0.105. The van der Waals surface area contributed by atoms with Crippen LogP contribution in [0.3, 0.4) is 0 Å². The Bertz CT molecular complexity index is 1270. The monoisotopic (exact) mass is 466 g/mol. The predicted molar refractivity (Wildman–Crippen MR) is 123 cm³/mol. The summed E-state index contributed by atoms with van der Waals surface area (Å²) in [4.78, 5) is 37.0. The smallest absolute Gasteiger partial charge is 0.331 e. The number of nitro groups is 1. The van der Waals surface area contributed by atoms with Gasteiger partial charge in [0.05, 0.1) is 15.4 Å². The van der Waals surface area contributed by atoms with Gasteiger partial charge in [0.1, 0.15) is 15.8 Å². The van der Waals surface area contributed by atoms with Gasteiger partial charge in [-0.15, -0.1) is 0 Å². The summed E-state index contributed by atoms with van der Waals surface area (Å²) in [7, 11) is 0. The molecular weight excluding hydrogens is 452 g/mol. The molecule has 1 aromatic heterocycles. The van der Waals surface area contributed by atoms with Gasteiger partial charge in [-0.3, -0.25) is 19.8 Å². The number of amides is 1. The number of carboxylic acids is 1. The Morgan fingerprint density at radius 1 is 1.12 bits per heavy atom. The van der Waals surface area contributed by atoms with Crippen LogP contribution in [0, 0.1) is 10.1 Å². The van der Waals surface area contributed by atoms with Crippen molar-refractivity contribution in [1.29, 1.82) is 0 Å². The first kappa shape index (κ1) is 21.5. The molecule has 1 aliphatic heterocycles. The Labute approximate surface area is 191 Å². The third-order valence-electron chi connectivity index (χ3n) is 4.70. The van der Waals surface area contributed by atoms with Crippen molar-refractivity contribution in [2.45, 2.75) is 6.04 Å². The highest BCUT2D eigenvalue weighted by Crippen LogP contribution is 2.39. The fourth-order valence-electron chi connectivity index (χ4n) is 3.29. The normalized spacial score (nSPS) is 15.9. The molecule has 1 aliphatic rings. The molecule has 1 fully saturated rings. The third kappa shape index (κ3) is 4.05. The number of hydrogen-bond donors (Lipinski definition) is 1. The Morgan fingerprint density at radius 2 is 1.81 bits per heavy atom. The summed E-state index contributed by atoms with van der Waals surface area (Å²) in [5.74, 6) is -1.21. The van der Waals surface area contributed by atoms with Gasteiger partial charge in [0.15, 0.2) is 6.04 Å². The molecule has 0 radical (unpaired) electrons. The van der Waals surface area contributed by atoms with Crippen LogP contribution >= 0.6 is 24.0 Å². The van der Waals surface area contributed by atoms with Crippen molar-refractivity contribution < 1.29 is 24.0 Å². The molecule has 32 heavy (non-hydrogen) atoms. The lowest BCUT2D eigenvalue weighted by atomic mass is 10.1. The second-order valence-electron chi connectivity index (χ2n) is 6.68. The van der Waals surface area contributed by atoms with Gasteiger partial charge in [0.2, 0.25) is 0 Å². The molecule has 0 saturated carbocycles. The molecule has 160 valence electrons. The molecule has 1 amide bonds. The molecule has 2 aromatic carbocycles. The molecule has 1 saturated heterocycles. The molecule has 0 bridgehead atoms. The van der Waals surface area contributed by atoms with Crippen LogP contribution in [0.25, 0.3) is 17.4 Å². The van der Waals surface area contributed by atoms with E-state index < -0.39 is 22.8 Å². The van der Waals surface area contributed by atoms with E-state index in [2.05, 4.69) is 0 Å². The van der Waals surface area contributed by atoms with Gasteiger partial charge in [-0.1, -0.05) is 66.4 Å². The van der Waals surface area contributed by atoms with Crippen molar-refractivity contribution in [2.24, 2.45) is 0 Å². The third-order valence-corrected chi connectivity index (χ3v) is 6.03. The van der Waals surface area contributed by atoms with Crippen molar-refractivity contribution >= 4 is 51.9 Å². The van der Waals surface area contributed by atoms with E-state index in [1.807, 2.05) is 0 Å². The second kappa shape index (κ2) is 8.77. The van der Waals surface area contributed by atoms with E-state index in [-0.39, 0.29) is 26.4 Å². The first-order valence-corrected chi connectivity index (χ1v) is 10.5. The van der Waals surface area contributed by atoms with Gasteiger partial charge >= 0.3 is 5.97 Å². The van der Waals surface area contributed by atoms with E-state index in [1.165, 1.54) is 12.1 Å². The number of hydrogen-bond acceptors (Lipinski definition) is 7. The summed E-state index contributed by atoms with van der Waals surface area (Å²) < 4.78 is 5.82. The summed E-state index contributed by atoms with van der Waals surface area (Å²) in [6.07, 6.45) is 1.45. The largest absolute Gasteiger partial charge is 0.479 e. The standard InChI is InChI=1S/C22H14N2O6S2/c25-20-18(32-22(31)23(20)19(21(26)27)13-6-2-1-3-7-13)12-14-10-11-17(30-14)15-8-4-5-9-16(15)24(28)29/h1-12,19H,(H,26,27)/b18-12-/t19-/m0/s1. The van der Waals surface area contributed by atoms with Crippen molar-refractivity contribution in [2.75, 3.05) is 0 Å². The maximum Gasteiger partial charge on any atom is 0.331 e. The molecule has 8 nitrogen and oxygen atoms in total. The van der Waals surface area contributed by atoms with Crippen LogP contribution in [-0.2, 0) is 9.59 Å². The second-order valence-corrected chi connectivity index (χ2v) is 8.36. The number of thioether (sulfide) groups is 1.